The molecule has 0 unspecified atom stereocenters. The van der Waals surface area contributed by atoms with Gasteiger partial charge in [0.25, 0.3) is 5.91 Å². The first kappa shape index (κ1) is 13.3. The molecule has 0 bridgehead atoms. The molecule has 0 aliphatic carbocycles. The third-order valence-electron chi connectivity index (χ3n) is 2.15. The van der Waals surface area contributed by atoms with E-state index in [0.717, 1.165) is 0 Å². The van der Waals surface area contributed by atoms with Gasteiger partial charge in [-0.15, -0.1) is 0 Å². The lowest BCUT2D eigenvalue weighted by Gasteiger charge is -2.11. The molecule has 0 aromatic heterocycles. The van der Waals surface area contributed by atoms with Gasteiger partial charge in [-0.3, -0.25) is 4.79 Å². The second-order valence-electron chi connectivity index (χ2n) is 3.38. The highest BCUT2D eigenvalue weighted by Crippen LogP contribution is 2.16. The molecule has 0 aliphatic rings. The molecule has 4 nitrogen and oxygen atoms in total. The predicted octanol–water partition coefficient (Wildman–Crippen LogP) is 0.490. The molecule has 0 radical (unpaired) electrons. The summed E-state index contributed by atoms with van der Waals surface area (Å²) in [6, 6.07) is 5.62. The summed E-state index contributed by atoms with van der Waals surface area (Å²) in [6.45, 7) is 0.632. The number of nitrogens with two attached hydrogens (primary N) is 1. The van der Waals surface area contributed by atoms with Gasteiger partial charge in [-0.25, -0.2) is 4.39 Å². The average Bonchev–Trinajstić information content (AvgIpc) is 2.34. The Morgan fingerprint density at radius 3 is 2.82 bits per heavy atom. The summed E-state index contributed by atoms with van der Waals surface area (Å²) in [5.41, 5.74) is 5.18. The summed E-state index contributed by atoms with van der Waals surface area (Å²) in [4.78, 5) is 11.5. The van der Waals surface area contributed by atoms with Crippen LogP contribution in [0.2, 0.25) is 0 Å². The molecule has 0 spiro atoms. The number of nitrogens with one attached hydrogen (secondary N) is 1. The largest absolute Gasteiger partial charge is 0.378 e. The zero-order valence-electron chi connectivity index (χ0n) is 9.27. The zero-order chi connectivity index (χ0) is 12.7. The van der Waals surface area contributed by atoms with E-state index in [4.69, 9.17) is 5.73 Å². The molecule has 92 valence electrons. The van der Waals surface area contributed by atoms with E-state index in [9.17, 15) is 14.3 Å². The molecule has 0 saturated heterocycles. The first-order valence-electron chi connectivity index (χ1n) is 5.22. The Morgan fingerprint density at radius 1 is 1.47 bits per heavy atom. The molecular formula is C12H15FN2O2. The quantitative estimate of drug-likeness (QED) is 0.653. The smallest absolute Gasteiger partial charge is 0.253 e. The summed E-state index contributed by atoms with van der Waals surface area (Å²) in [5, 5.41) is 12.1. The maximum atomic E-state index is 13.3. The fourth-order valence-electron chi connectivity index (χ4n) is 1.27. The number of hydrogen-bond donors (Lipinski definition) is 3. The van der Waals surface area contributed by atoms with Crippen LogP contribution in [0.4, 0.5) is 4.39 Å². The highest BCUT2D eigenvalue weighted by molar-refractivity contribution is 5.82. The van der Waals surface area contributed by atoms with Crippen molar-refractivity contribution in [3.8, 4) is 0 Å². The third-order valence-corrected chi connectivity index (χ3v) is 2.15. The van der Waals surface area contributed by atoms with Gasteiger partial charge < -0.3 is 16.2 Å². The molecule has 1 aromatic carbocycles. The first-order chi connectivity index (χ1) is 8.16. The maximum absolute atomic E-state index is 13.3. The molecule has 1 aromatic rings. The molecule has 0 heterocycles. The highest BCUT2D eigenvalue weighted by atomic mass is 19.1. The molecule has 4 N–H and O–H groups in total. The van der Waals surface area contributed by atoms with Crippen LogP contribution in [0.1, 0.15) is 11.7 Å². The number of hydrogen-bond acceptors (Lipinski definition) is 3. The van der Waals surface area contributed by atoms with Crippen LogP contribution in [-0.2, 0) is 4.79 Å². The van der Waals surface area contributed by atoms with Crippen LogP contribution in [-0.4, -0.2) is 24.1 Å². The molecular weight excluding hydrogens is 223 g/mol. The number of carbonyl (C=O) groups excluding carboxylic acids is 1. The van der Waals surface area contributed by atoms with Crippen molar-refractivity contribution in [2.24, 2.45) is 5.73 Å². The normalized spacial score (nSPS) is 12.6. The summed E-state index contributed by atoms with van der Waals surface area (Å²) < 4.78 is 13.3. The molecule has 17 heavy (non-hydrogen) atoms. The van der Waals surface area contributed by atoms with Crippen molar-refractivity contribution in [2.45, 2.75) is 6.10 Å². The molecule has 1 amide bonds. The zero-order valence-corrected chi connectivity index (χ0v) is 9.27. The molecule has 1 rings (SSSR count). The molecule has 1 atom stereocenters. The highest BCUT2D eigenvalue weighted by Gasteiger charge is 2.19. The van der Waals surface area contributed by atoms with Crippen molar-refractivity contribution in [1.82, 2.24) is 5.32 Å². The van der Waals surface area contributed by atoms with Gasteiger partial charge in [-0.05, 0) is 6.07 Å². The third kappa shape index (κ3) is 3.97. The first-order valence-corrected chi connectivity index (χ1v) is 5.22. The van der Waals surface area contributed by atoms with E-state index in [1.165, 1.54) is 18.2 Å². The SMILES string of the molecule is NC/C=C/CNC(=O)[C@H](O)c1ccccc1F. The van der Waals surface area contributed by atoms with Crippen LogP contribution in [0.3, 0.4) is 0 Å². The van der Waals surface area contributed by atoms with E-state index in [2.05, 4.69) is 5.32 Å². The molecule has 0 saturated carbocycles. The van der Waals surface area contributed by atoms with Gasteiger partial charge >= 0.3 is 0 Å². The monoisotopic (exact) mass is 238 g/mol. The number of carbonyl (C=O) groups is 1. The number of aliphatic hydroxyl groups is 1. The van der Waals surface area contributed by atoms with Crippen molar-refractivity contribution >= 4 is 5.91 Å². The second kappa shape index (κ2) is 6.78. The molecule has 0 aliphatic heterocycles. The minimum absolute atomic E-state index is 0.0344. The van der Waals surface area contributed by atoms with E-state index in [1.807, 2.05) is 0 Å². The van der Waals surface area contributed by atoms with Gasteiger partial charge in [-0.1, -0.05) is 30.4 Å². The van der Waals surface area contributed by atoms with E-state index in [0.29, 0.717) is 6.54 Å². The number of rotatable bonds is 5. The van der Waals surface area contributed by atoms with Crippen molar-refractivity contribution in [3.63, 3.8) is 0 Å². The Labute approximate surface area is 98.9 Å². The Morgan fingerprint density at radius 2 is 2.18 bits per heavy atom. The lowest BCUT2D eigenvalue weighted by Crippen LogP contribution is -2.29. The lowest BCUT2D eigenvalue weighted by molar-refractivity contribution is -0.129. The van der Waals surface area contributed by atoms with Gasteiger partial charge in [-0.2, -0.15) is 0 Å². The minimum atomic E-state index is -1.50. The van der Waals surface area contributed by atoms with Crippen LogP contribution in [0.5, 0.6) is 0 Å². The summed E-state index contributed by atoms with van der Waals surface area (Å²) >= 11 is 0. The van der Waals surface area contributed by atoms with Crippen LogP contribution < -0.4 is 11.1 Å². The van der Waals surface area contributed by atoms with E-state index >= 15 is 0 Å². The van der Waals surface area contributed by atoms with Crippen molar-refractivity contribution in [3.05, 3.63) is 47.8 Å². The van der Waals surface area contributed by atoms with Gasteiger partial charge in [0.05, 0.1) is 0 Å². The number of amides is 1. The maximum Gasteiger partial charge on any atom is 0.253 e. The van der Waals surface area contributed by atoms with Crippen molar-refractivity contribution < 1.29 is 14.3 Å². The molecule has 0 fully saturated rings. The Balaban J connectivity index is 2.58. The number of aliphatic hydroxyl groups excluding tert-OH is 1. The lowest BCUT2D eigenvalue weighted by atomic mass is 10.1. The summed E-state index contributed by atoms with van der Waals surface area (Å²) in [6.07, 6.45) is 1.84. The summed E-state index contributed by atoms with van der Waals surface area (Å²) in [5.74, 6) is -1.25. The van der Waals surface area contributed by atoms with Crippen LogP contribution in [0.25, 0.3) is 0 Å². The Kier molecular flexibility index (Phi) is 5.32. The Bertz CT molecular complexity index is 407. The van der Waals surface area contributed by atoms with Crippen molar-refractivity contribution in [2.75, 3.05) is 13.1 Å². The van der Waals surface area contributed by atoms with Crippen LogP contribution in [0.15, 0.2) is 36.4 Å². The van der Waals surface area contributed by atoms with E-state index in [-0.39, 0.29) is 12.1 Å². The predicted molar refractivity (Wildman–Crippen MR) is 62.6 cm³/mol. The molecule has 5 heteroatoms. The van der Waals surface area contributed by atoms with Crippen molar-refractivity contribution in [1.29, 1.82) is 0 Å². The average molecular weight is 238 g/mol. The topological polar surface area (TPSA) is 75.3 Å². The van der Waals surface area contributed by atoms with Crippen LogP contribution >= 0.6 is 0 Å². The fraction of sp³-hybridized carbons (Fsp3) is 0.250. The summed E-state index contributed by atoms with van der Waals surface area (Å²) in [7, 11) is 0. The minimum Gasteiger partial charge on any atom is -0.378 e. The van der Waals surface area contributed by atoms with Gasteiger partial charge in [0, 0.05) is 18.7 Å². The Hall–Kier alpha value is -1.72. The number of benzene rings is 1. The second-order valence-corrected chi connectivity index (χ2v) is 3.38. The van der Waals surface area contributed by atoms with E-state index in [1.54, 1.807) is 18.2 Å². The van der Waals surface area contributed by atoms with Crippen LogP contribution in [0, 0.1) is 5.82 Å². The van der Waals surface area contributed by atoms with E-state index < -0.39 is 17.8 Å². The van der Waals surface area contributed by atoms with Gasteiger partial charge in [0.15, 0.2) is 6.10 Å². The van der Waals surface area contributed by atoms with Gasteiger partial charge in [0.1, 0.15) is 5.82 Å². The fourth-order valence-corrected chi connectivity index (χ4v) is 1.27. The van der Waals surface area contributed by atoms with Gasteiger partial charge in [0.2, 0.25) is 0 Å². The number of halogens is 1. The standard InChI is InChI=1S/C12H15FN2O2/c13-10-6-2-1-5-9(10)11(16)12(17)15-8-4-3-7-14/h1-6,11,16H,7-8,14H2,(H,15,17)/b4-3+/t11-/m1/s1.